The molecular formula is C14H14N2O5. The van der Waals surface area contributed by atoms with Crippen molar-refractivity contribution in [2.45, 2.75) is 19.9 Å². The lowest BCUT2D eigenvalue weighted by Crippen LogP contribution is -2.40. The minimum absolute atomic E-state index is 0.166. The first-order chi connectivity index (χ1) is 9.88. The molecule has 0 aliphatic rings. The van der Waals surface area contributed by atoms with Crippen LogP contribution in [0.3, 0.4) is 0 Å². The van der Waals surface area contributed by atoms with E-state index in [1.165, 1.54) is 32.2 Å². The number of carbonyl (C=O) groups is 3. The second-order valence-corrected chi connectivity index (χ2v) is 4.13. The van der Waals surface area contributed by atoms with Crippen molar-refractivity contribution >= 4 is 17.8 Å². The molecule has 0 fully saturated rings. The molecule has 1 unspecified atom stereocenters. The molecule has 1 rings (SSSR count). The largest absolute Gasteiger partial charge is 0.496 e. The molecule has 0 spiro atoms. The molecule has 21 heavy (non-hydrogen) atoms. The van der Waals surface area contributed by atoms with Crippen LogP contribution in [0.1, 0.15) is 29.8 Å². The molecule has 0 aliphatic carbocycles. The summed E-state index contributed by atoms with van der Waals surface area (Å²) in [6.07, 6.45) is 0. The number of hydrogen-bond acceptors (Lipinski definition) is 6. The van der Waals surface area contributed by atoms with E-state index >= 15 is 0 Å². The molecule has 0 heterocycles. The highest BCUT2D eigenvalue weighted by Crippen LogP contribution is 2.20. The molecule has 0 saturated carbocycles. The van der Waals surface area contributed by atoms with Crippen LogP contribution in [0.15, 0.2) is 18.2 Å². The number of methoxy groups -OCH3 is 1. The fourth-order valence-electron chi connectivity index (χ4n) is 1.51. The number of amides is 1. The lowest BCUT2D eigenvalue weighted by Gasteiger charge is -2.13. The Balaban J connectivity index is 2.87. The molecule has 110 valence electrons. The van der Waals surface area contributed by atoms with Gasteiger partial charge in [-0.1, -0.05) is 0 Å². The van der Waals surface area contributed by atoms with Gasteiger partial charge in [0.2, 0.25) is 0 Å². The number of nitrogens with zero attached hydrogens (tertiary/aromatic N) is 1. The topological polar surface area (TPSA) is 105 Å². The number of benzene rings is 1. The van der Waals surface area contributed by atoms with E-state index in [1.807, 2.05) is 6.07 Å². The second kappa shape index (κ2) is 7.05. The van der Waals surface area contributed by atoms with Crippen LogP contribution in [0.4, 0.5) is 0 Å². The van der Waals surface area contributed by atoms with Gasteiger partial charge in [-0.15, -0.1) is 0 Å². The first-order valence-corrected chi connectivity index (χ1v) is 6.00. The molecule has 1 aromatic carbocycles. The number of rotatable bonds is 4. The zero-order valence-electron chi connectivity index (χ0n) is 11.8. The molecule has 1 aromatic rings. The maximum Gasteiger partial charge on any atom is 0.335 e. The third kappa shape index (κ3) is 4.31. The van der Waals surface area contributed by atoms with E-state index in [9.17, 15) is 14.4 Å². The summed E-state index contributed by atoms with van der Waals surface area (Å²) in [5.74, 6) is -1.98. The SMILES string of the molecule is COc1cc(C#N)ccc1C(=O)NC(C)C(=O)OC(C)=O. The zero-order chi connectivity index (χ0) is 16.0. The van der Waals surface area contributed by atoms with Gasteiger partial charge < -0.3 is 14.8 Å². The quantitative estimate of drug-likeness (QED) is 0.648. The summed E-state index contributed by atoms with van der Waals surface area (Å²) in [6, 6.07) is 5.20. The summed E-state index contributed by atoms with van der Waals surface area (Å²) in [7, 11) is 1.36. The first-order valence-electron chi connectivity index (χ1n) is 6.00. The molecular weight excluding hydrogens is 276 g/mol. The summed E-state index contributed by atoms with van der Waals surface area (Å²) in [4.78, 5) is 34.2. The molecule has 1 atom stereocenters. The van der Waals surface area contributed by atoms with Gasteiger partial charge in [0, 0.05) is 6.92 Å². The summed E-state index contributed by atoms with van der Waals surface area (Å²) < 4.78 is 9.41. The maximum absolute atomic E-state index is 12.1. The van der Waals surface area contributed by atoms with Gasteiger partial charge in [-0.2, -0.15) is 5.26 Å². The Labute approximate surface area is 121 Å². The Bertz CT molecular complexity index is 618. The fourth-order valence-corrected chi connectivity index (χ4v) is 1.51. The van der Waals surface area contributed by atoms with Crippen molar-refractivity contribution in [2.75, 3.05) is 7.11 Å². The van der Waals surface area contributed by atoms with E-state index in [0.29, 0.717) is 5.56 Å². The molecule has 7 nitrogen and oxygen atoms in total. The standard InChI is InChI=1S/C14H14N2O5/c1-8(14(19)21-9(2)17)16-13(18)11-5-4-10(7-15)6-12(11)20-3/h4-6,8H,1-3H3,(H,16,18). The van der Waals surface area contributed by atoms with Crippen LogP contribution < -0.4 is 10.1 Å². The highest BCUT2D eigenvalue weighted by atomic mass is 16.6. The van der Waals surface area contributed by atoms with Gasteiger partial charge in [0.15, 0.2) is 0 Å². The van der Waals surface area contributed by atoms with Crippen LogP contribution in [-0.2, 0) is 14.3 Å². The summed E-state index contributed by atoms with van der Waals surface area (Å²) in [5.41, 5.74) is 0.506. The average molecular weight is 290 g/mol. The van der Waals surface area contributed by atoms with Crippen LogP contribution in [0.2, 0.25) is 0 Å². The van der Waals surface area contributed by atoms with E-state index < -0.39 is 23.9 Å². The number of nitrogens with one attached hydrogen (secondary N) is 1. The minimum atomic E-state index is -0.998. The van der Waals surface area contributed by atoms with E-state index in [2.05, 4.69) is 10.1 Å². The normalized spacial score (nSPS) is 11.0. The smallest absolute Gasteiger partial charge is 0.335 e. The highest BCUT2D eigenvalue weighted by molar-refractivity contribution is 6.00. The van der Waals surface area contributed by atoms with Crippen molar-refractivity contribution in [2.24, 2.45) is 0 Å². The van der Waals surface area contributed by atoms with Crippen molar-refractivity contribution in [1.29, 1.82) is 5.26 Å². The molecule has 0 aliphatic heterocycles. The fraction of sp³-hybridized carbons (Fsp3) is 0.286. The number of nitriles is 1. The molecule has 0 radical (unpaired) electrons. The Morgan fingerprint density at radius 3 is 2.52 bits per heavy atom. The van der Waals surface area contributed by atoms with Crippen molar-refractivity contribution in [3.8, 4) is 11.8 Å². The molecule has 7 heteroatoms. The van der Waals surface area contributed by atoms with Gasteiger partial charge in [-0.25, -0.2) is 4.79 Å². The molecule has 1 N–H and O–H groups in total. The van der Waals surface area contributed by atoms with E-state index in [4.69, 9.17) is 10.00 Å². The van der Waals surface area contributed by atoms with E-state index in [1.54, 1.807) is 0 Å². The number of carbonyl (C=O) groups excluding carboxylic acids is 3. The van der Waals surface area contributed by atoms with Crippen LogP contribution in [-0.4, -0.2) is 31.0 Å². The van der Waals surface area contributed by atoms with Gasteiger partial charge in [0.25, 0.3) is 5.91 Å². The Morgan fingerprint density at radius 2 is 2.00 bits per heavy atom. The number of hydrogen-bond donors (Lipinski definition) is 1. The van der Waals surface area contributed by atoms with Gasteiger partial charge in [-0.3, -0.25) is 9.59 Å². The van der Waals surface area contributed by atoms with Gasteiger partial charge in [0.05, 0.1) is 24.3 Å². The van der Waals surface area contributed by atoms with Crippen LogP contribution in [0, 0.1) is 11.3 Å². The predicted octanol–water partition coefficient (Wildman–Crippen LogP) is 0.775. The van der Waals surface area contributed by atoms with E-state index in [-0.39, 0.29) is 11.3 Å². The Kier molecular flexibility index (Phi) is 5.43. The summed E-state index contributed by atoms with van der Waals surface area (Å²) >= 11 is 0. The van der Waals surface area contributed by atoms with E-state index in [0.717, 1.165) is 6.92 Å². The van der Waals surface area contributed by atoms with Gasteiger partial charge in [-0.05, 0) is 25.1 Å². The Hall–Kier alpha value is -2.88. The first kappa shape index (κ1) is 16.2. The third-order valence-electron chi connectivity index (χ3n) is 2.52. The summed E-state index contributed by atoms with van der Waals surface area (Å²) in [5, 5.41) is 11.2. The molecule has 0 bridgehead atoms. The van der Waals surface area contributed by atoms with Crippen molar-refractivity contribution in [1.82, 2.24) is 5.32 Å². The second-order valence-electron chi connectivity index (χ2n) is 4.13. The number of esters is 2. The molecule has 0 saturated heterocycles. The lowest BCUT2D eigenvalue weighted by atomic mass is 10.1. The average Bonchev–Trinajstić information content (AvgIpc) is 2.45. The molecule has 1 amide bonds. The van der Waals surface area contributed by atoms with Crippen molar-refractivity contribution in [3.63, 3.8) is 0 Å². The summed E-state index contributed by atoms with van der Waals surface area (Å²) in [6.45, 7) is 2.48. The van der Waals surface area contributed by atoms with Crippen LogP contribution >= 0.6 is 0 Å². The van der Waals surface area contributed by atoms with Crippen LogP contribution in [0.25, 0.3) is 0 Å². The van der Waals surface area contributed by atoms with Crippen LogP contribution in [0.5, 0.6) is 5.75 Å². The zero-order valence-corrected chi connectivity index (χ0v) is 11.8. The molecule has 0 aromatic heterocycles. The van der Waals surface area contributed by atoms with Gasteiger partial charge >= 0.3 is 11.9 Å². The van der Waals surface area contributed by atoms with Crippen molar-refractivity contribution < 1.29 is 23.9 Å². The minimum Gasteiger partial charge on any atom is -0.496 e. The Morgan fingerprint density at radius 1 is 1.33 bits per heavy atom. The maximum atomic E-state index is 12.1. The van der Waals surface area contributed by atoms with Crippen molar-refractivity contribution in [3.05, 3.63) is 29.3 Å². The highest BCUT2D eigenvalue weighted by Gasteiger charge is 2.21. The monoisotopic (exact) mass is 290 g/mol. The predicted molar refractivity (Wildman–Crippen MR) is 71.4 cm³/mol. The van der Waals surface area contributed by atoms with Gasteiger partial charge in [0.1, 0.15) is 11.8 Å². The number of ether oxygens (including phenoxy) is 2. The third-order valence-corrected chi connectivity index (χ3v) is 2.52. The lowest BCUT2D eigenvalue weighted by molar-refractivity contribution is -0.159.